The number of rotatable bonds is 6. The Morgan fingerprint density at radius 1 is 1.38 bits per heavy atom. The van der Waals surface area contributed by atoms with Crippen LogP contribution in [0, 0.1) is 5.92 Å². The van der Waals surface area contributed by atoms with Gasteiger partial charge in [-0.15, -0.1) is 0 Å². The Morgan fingerprint density at radius 3 is 2.71 bits per heavy atom. The van der Waals surface area contributed by atoms with Crippen LogP contribution in [0.3, 0.4) is 0 Å². The summed E-state index contributed by atoms with van der Waals surface area (Å²) in [5.41, 5.74) is 2.35. The highest BCUT2D eigenvalue weighted by atomic mass is 15.1. The Bertz CT molecular complexity index is 425. The van der Waals surface area contributed by atoms with Crippen molar-refractivity contribution in [2.24, 2.45) is 5.92 Å². The Hall–Kier alpha value is -1.29. The molecule has 0 radical (unpaired) electrons. The van der Waals surface area contributed by atoms with Crippen molar-refractivity contribution < 1.29 is 0 Å². The summed E-state index contributed by atoms with van der Waals surface area (Å²) in [6.07, 6.45) is 7.66. The maximum Gasteiger partial charge on any atom is 0.0766 e. The molecule has 4 heteroatoms. The van der Waals surface area contributed by atoms with Gasteiger partial charge in [-0.05, 0) is 57.8 Å². The molecule has 1 aliphatic heterocycles. The van der Waals surface area contributed by atoms with Gasteiger partial charge in [-0.3, -0.25) is 4.98 Å². The van der Waals surface area contributed by atoms with Crippen molar-refractivity contribution in [3.8, 4) is 0 Å². The second-order valence-electron chi connectivity index (χ2n) is 6.40. The highest BCUT2D eigenvalue weighted by molar-refractivity contribution is 5.68. The molecule has 21 heavy (non-hydrogen) atoms. The molecule has 0 bridgehead atoms. The second-order valence-corrected chi connectivity index (χ2v) is 6.40. The number of hydrogen-bond donors (Lipinski definition) is 1. The van der Waals surface area contributed by atoms with E-state index in [4.69, 9.17) is 0 Å². The molecule has 1 fully saturated rings. The Kier molecular flexibility index (Phi) is 5.85. The standard InChI is InChI=1S/C17H30N4/c1-5-10-21-11-7-15(8-12-21)14(2)19-16-13-18-9-6-17(16)20(3)4/h6,9,13-15,19H,5,7-8,10-12H2,1-4H3. The van der Waals surface area contributed by atoms with Gasteiger partial charge in [0.25, 0.3) is 0 Å². The molecule has 0 aliphatic carbocycles. The number of pyridine rings is 1. The molecule has 1 aromatic rings. The van der Waals surface area contributed by atoms with Gasteiger partial charge in [-0.2, -0.15) is 0 Å². The van der Waals surface area contributed by atoms with Crippen molar-refractivity contribution >= 4 is 11.4 Å². The normalized spacial score (nSPS) is 18.5. The fraction of sp³-hybridized carbons (Fsp3) is 0.706. The monoisotopic (exact) mass is 290 g/mol. The first-order valence-electron chi connectivity index (χ1n) is 8.22. The van der Waals surface area contributed by atoms with Crippen molar-refractivity contribution in [3.63, 3.8) is 0 Å². The van der Waals surface area contributed by atoms with Crippen LogP contribution in [0.15, 0.2) is 18.5 Å². The van der Waals surface area contributed by atoms with E-state index in [2.05, 4.69) is 54.1 Å². The summed E-state index contributed by atoms with van der Waals surface area (Å²) < 4.78 is 0. The van der Waals surface area contributed by atoms with Gasteiger partial charge in [0.05, 0.1) is 17.6 Å². The highest BCUT2D eigenvalue weighted by Crippen LogP contribution is 2.27. The van der Waals surface area contributed by atoms with Gasteiger partial charge in [0.15, 0.2) is 0 Å². The van der Waals surface area contributed by atoms with Crippen molar-refractivity contribution in [2.75, 3.05) is 43.9 Å². The van der Waals surface area contributed by atoms with Crippen molar-refractivity contribution in [3.05, 3.63) is 18.5 Å². The van der Waals surface area contributed by atoms with Gasteiger partial charge in [-0.1, -0.05) is 6.92 Å². The fourth-order valence-corrected chi connectivity index (χ4v) is 3.24. The van der Waals surface area contributed by atoms with E-state index in [1.807, 2.05) is 12.4 Å². The molecule has 1 aliphatic rings. The number of piperidine rings is 1. The zero-order valence-corrected chi connectivity index (χ0v) is 14.0. The summed E-state index contributed by atoms with van der Waals surface area (Å²) in [6.45, 7) is 8.33. The van der Waals surface area contributed by atoms with Gasteiger partial charge < -0.3 is 15.1 Å². The van der Waals surface area contributed by atoms with E-state index in [1.165, 1.54) is 44.6 Å². The van der Waals surface area contributed by atoms with E-state index in [9.17, 15) is 0 Å². The zero-order chi connectivity index (χ0) is 15.2. The summed E-state index contributed by atoms with van der Waals surface area (Å²) >= 11 is 0. The lowest BCUT2D eigenvalue weighted by Gasteiger charge is -2.35. The van der Waals surface area contributed by atoms with E-state index in [1.54, 1.807) is 0 Å². The van der Waals surface area contributed by atoms with Gasteiger partial charge in [0, 0.05) is 26.3 Å². The van der Waals surface area contributed by atoms with Crippen LogP contribution >= 0.6 is 0 Å². The summed E-state index contributed by atoms with van der Waals surface area (Å²) in [5.74, 6) is 0.758. The molecule has 0 saturated carbocycles. The largest absolute Gasteiger partial charge is 0.379 e. The van der Waals surface area contributed by atoms with Gasteiger partial charge in [0.2, 0.25) is 0 Å². The lowest BCUT2D eigenvalue weighted by Crippen LogP contribution is -2.39. The molecular formula is C17H30N4. The van der Waals surface area contributed by atoms with Crippen LogP contribution < -0.4 is 10.2 Å². The molecule has 0 aromatic carbocycles. The number of likely N-dealkylation sites (tertiary alicyclic amines) is 1. The quantitative estimate of drug-likeness (QED) is 0.872. The number of nitrogens with one attached hydrogen (secondary N) is 1. The molecule has 0 amide bonds. The van der Waals surface area contributed by atoms with Crippen LogP contribution in [0.2, 0.25) is 0 Å². The lowest BCUT2D eigenvalue weighted by atomic mass is 9.90. The van der Waals surface area contributed by atoms with Crippen LogP contribution in [0.25, 0.3) is 0 Å². The predicted octanol–water partition coefficient (Wildman–Crippen LogP) is 3.07. The Morgan fingerprint density at radius 2 is 2.10 bits per heavy atom. The van der Waals surface area contributed by atoms with Crippen molar-refractivity contribution in [2.45, 2.75) is 39.2 Å². The first-order valence-corrected chi connectivity index (χ1v) is 8.22. The average molecular weight is 290 g/mol. The minimum Gasteiger partial charge on any atom is -0.379 e. The van der Waals surface area contributed by atoms with Gasteiger partial charge in [0.1, 0.15) is 0 Å². The Balaban J connectivity index is 1.92. The maximum atomic E-state index is 4.26. The van der Waals surface area contributed by atoms with Gasteiger partial charge >= 0.3 is 0 Å². The smallest absolute Gasteiger partial charge is 0.0766 e. The van der Waals surface area contributed by atoms with Crippen LogP contribution in [-0.4, -0.2) is 49.7 Å². The number of hydrogen-bond acceptors (Lipinski definition) is 4. The maximum absolute atomic E-state index is 4.26. The molecule has 1 N–H and O–H groups in total. The molecular weight excluding hydrogens is 260 g/mol. The van der Waals surface area contributed by atoms with Crippen LogP contribution in [0.1, 0.15) is 33.1 Å². The number of nitrogens with zero attached hydrogens (tertiary/aromatic N) is 3. The number of aromatic nitrogens is 1. The van der Waals surface area contributed by atoms with E-state index < -0.39 is 0 Å². The molecule has 1 saturated heterocycles. The third kappa shape index (κ3) is 4.34. The first-order chi connectivity index (χ1) is 10.1. The fourth-order valence-electron chi connectivity index (χ4n) is 3.24. The second kappa shape index (κ2) is 7.64. The summed E-state index contributed by atoms with van der Waals surface area (Å²) in [4.78, 5) is 9.00. The third-order valence-corrected chi connectivity index (χ3v) is 4.54. The molecule has 118 valence electrons. The van der Waals surface area contributed by atoms with Crippen LogP contribution in [0.5, 0.6) is 0 Å². The lowest BCUT2D eigenvalue weighted by molar-refractivity contribution is 0.176. The van der Waals surface area contributed by atoms with Crippen LogP contribution in [0.4, 0.5) is 11.4 Å². The summed E-state index contributed by atoms with van der Waals surface area (Å²) in [7, 11) is 4.16. The minimum absolute atomic E-state index is 0.497. The molecule has 1 atom stereocenters. The highest BCUT2D eigenvalue weighted by Gasteiger charge is 2.24. The zero-order valence-electron chi connectivity index (χ0n) is 14.0. The molecule has 1 unspecified atom stereocenters. The molecule has 2 heterocycles. The Labute approximate surface area is 129 Å². The molecule has 4 nitrogen and oxygen atoms in total. The van der Waals surface area contributed by atoms with Crippen molar-refractivity contribution in [1.29, 1.82) is 0 Å². The summed E-state index contributed by atoms with van der Waals surface area (Å²) in [5, 5.41) is 3.69. The van der Waals surface area contributed by atoms with E-state index >= 15 is 0 Å². The molecule has 1 aromatic heterocycles. The van der Waals surface area contributed by atoms with E-state index in [0.717, 1.165) is 11.6 Å². The van der Waals surface area contributed by atoms with E-state index in [-0.39, 0.29) is 0 Å². The number of anilines is 2. The SMILES string of the molecule is CCCN1CCC(C(C)Nc2cnccc2N(C)C)CC1. The van der Waals surface area contributed by atoms with E-state index in [0.29, 0.717) is 6.04 Å². The topological polar surface area (TPSA) is 31.4 Å². The first kappa shape index (κ1) is 16.1. The molecule has 2 rings (SSSR count). The minimum atomic E-state index is 0.497. The van der Waals surface area contributed by atoms with Crippen LogP contribution in [-0.2, 0) is 0 Å². The van der Waals surface area contributed by atoms with Crippen molar-refractivity contribution in [1.82, 2.24) is 9.88 Å². The average Bonchev–Trinajstić information content (AvgIpc) is 2.48. The predicted molar refractivity (Wildman–Crippen MR) is 91.1 cm³/mol. The molecule has 0 spiro atoms. The summed E-state index contributed by atoms with van der Waals surface area (Å²) in [6, 6.07) is 2.57. The third-order valence-electron chi connectivity index (χ3n) is 4.54. The van der Waals surface area contributed by atoms with Gasteiger partial charge in [-0.25, -0.2) is 0 Å².